The Morgan fingerprint density at radius 1 is 1.27 bits per heavy atom. The van der Waals surface area contributed by atoms with Gasteiger partial charge in [0, 0.05) is 24.0 Å². The van der Waals surface area contributed by atoms with Gasteiger partial charge in [-0.25, -0.2) is 14.8 Å². The topological polar surface area (TPSA) is 87.2 Å². The highest BCUT2D eigenvalue weighted by Gasteiger charge is 2.24. The predicted molar refractivity (Wildman–Crippen MR) is 120 cm³/mol. The van der Waals surface area contributed by atoms with Crippen molar-refractivity contribution in [2.45, 2.75) is 33.2 Å². The minimum atomic E-state index is -0.142. The lowest BCUT2D eigenvalue weighted by atomic mass is 10.2. The number of carbonyl (C=O) groups excluding carboxylic acids is 2. The Hall–Kier alpha value is -2.78. The van der Waals surface area contributed by atoms with Crippen LogP contribution < -0.4 is 15.5 Å². The summed E-state index contributed by atoms with van der Waals surface area (Å²) in [7, 11) is 0. The molecule has 0 radical (unpaired) electrons. The molecule has 30 heavy (non-hydrogen) atoms. The van der Waals surface area contributed by atoms with Crippen LogP contribution in [0.15, 0.2) is 29.6 Å². The van der Waals surface area contributed by atoms with Gasteiger partial charge in [0.25, 0.3) is 0 Å². The van der Waals surface area contributed by atoms with Gasteiger partial charge in [-0.2, -0.15) is 0 Å². The van der Waals surface area contributed by atoms with Crippen LogP contribution in [-0.4, -0.2) is 35.0 Å². The molecule has 4 rings (SSSR count). The number of nitrogens with zero attached hydrogens (tertiary/aromatic N) is 3. The number of nitrogens with one attached hydrogen (secondary N) is 2. The minimum absolute atomic E-state index is 0.102. The molecule has 3 heterocycles. The number of rotatable bonds is 6. The van der Waals surface area contributed by atoms with Gasteiger partial charge in [0.1, 0.15) is 5.01 Å². The molecule has 156 valence electrons. The van der Waals surface area contributed by atoms with Crippen molar-refractivity contribution < 1.29 is 9.59 Å². The molecule has 0 aliphatic carbocycles. The Balaban J connectivity index is 1.40. The van der Waals surface area contributed by atoms with Crippen molar-refractivity contribution in [2.75, 3.05) is 18.0 Å². The van der Waals surface area contributed by atoms with Crippen molar-refractivity contribution in [3.63, 3.8) is 0 Å². The van der Waals surface area contributed by atoms with Crippen LogP contribution in [0.25, 0.3) is 10.6 Å². The third-order valence-electron chi connectivity index (χ3n) is 4.87. The molecule has 1 atom stereocenters. The van der Waals surface area contributed by atoms with E-state index >= 15 is 0 Å². The van der Waals surface area contributed by atoms with E-state index in [9.17, 15) is 9.59 Å². The normalized spacial score (nSPS) is 14.6. The number of aryl methyl sites for hydroxylation is 2. The van der Waals surface area contributed by atoms with E-state index in [-0.39, 0.29) is 24.4 Å². The summed E-state index contributed by atoms with van der Waals surface area (Å²) >= 11 is 2.98. The fourth-order valence-electron chi connectivity index (χ4n) is 3.31. The summed E-state index contributed by atoms with van der Waals surface area (Å²) in [5.41, 5.74) is 3.89. The van der Waals surface area contributed by atoms with Gasteiger partial charge in [-0.3, -0.25) is 9.69 Å². The molecule has 2 aromatic heterocycles. The van der Waals surface area contributed by atoms with Gasteiger partial charge in [0.05, 0.1) is 28.7 Å². The summed E-state index contributed by atoms with van der Waals surface area (Å²) in [5, 5.41) is 9.22. The maximum Gasteiger partial charge on any atom is 0.323 e. The predicted octanol–water partition coefficient (Wildman–Crippen LogP) is 3.83. The van der Waals surface area contributed by atoms with Crippen molar-refractivity contribution >= 4 is 39.7 Å². The highest BCUT2D eigenvalue weighted by molar-refractivity contribution is 7.15. The monoisotopic (exact) mass is 441 g/mol. The molecule has 1 fully saturated rings. The summed E-state index contributed by atoms with van der Waals surface area (Å²) in [5.74, 6) is -0.102. The van der Waals surface area contributed by atoms with Gasteiger partial charge in [0.2, 0.25) is 5.91 Å². The van der Waals surface area contributed by atoms with Gasteiger partial charge in [-0.05, 0) is 20.8 Å². The van der Waals surface area contributed by atoms with E-state index in [1.54, 1.807) is 16.2 Å². The first-order chi connectivity index (χ1) is 14.4. The summed E-state index contributed by atoms with van der Waals surface area (Å²) in [6.45, 7) is 7.22. The number of amides is 3. The summed E-state index contributed by atoms with van der Waals surface area (Å²) in [4.78, 5) is 36.1. The second-order valence-corrected chi connectivity index (χ2v) is 9.17. The molecule has 7 nitrogen and oxygen atoms in total. The maximum absolute atomic E-state index is 12.6. The second-order valence-electron chi connectivity index (χ2n) is 7.31. The number of urea groups is 1. The van der Waals surface area contributed by atoms with E-state index in [1.165, 1.54) is 16.9 Å². The standard InChI is InChI=1S/C21H23N5O2S2/c1-12-4-6-15(7-5-12)19-24-14(3)18(30-19)13(2)23-17(27)10-16-11-29-21(25-16)26-9-8-22-20(26)28/h4-7,11,13H,8-10H2,1-3H3,(H,22,28)(H,23,27). The van der Waals surface area contributed by atoms with E-state index in [2.05, 4.69) is 46.8 Å². The minimum Gasteiger partial charge on any atom is -0.348 e. The molecular formula is C21H23N5O2S2. The zero-order chi connectivity index (χ0) is 21.3. The Bertz CT molecular complexity index is 1070. The molecule has 0 saturated carbocycles. The molecule has 3 amide bonds. The molecular weight excluding hydrogens is 418 g/mol. The summed E-state index contributed by atoms with van der Waals surface area (Å²) in [6.07, 6.45) is 0.180. The van der Waals surface area contributed by atoms with Crippen LogP contribution in [0.4, 0.5) is 9.93 Å². The lowest BCUT2D eigenvalue weighted by Gasteiger charge is -2.12. The van der Waals surface area contributed by atoms with Crippen LogP contribution in [0.3, 0.4) is 0 Å². The SMILES string of the molecule is Cc1ccc(-c2nc(C)c(C(C)NC(=O)Cc3csc(N4CCNC4=O)n3)s2)cc1. The fraction of sp³-hybridized carbons (Fsp3) is 0.333. The average Bonchev–Trinajstić information content (AvgIpc) is 3.42. The van der Waals surface area contributed by atoms with E-state index in [0.29, 0.717) is 23.9 Å². The average molecular weight is 442 g/mol. The third kappa shape index (κ3) is 4.36. The molecule has 0 bridgehead atoms. The molecule has 9 heteroatoms. The highest BCUT2D eigenvalue weighted by atomic mass is 32.1. The zero-order valence-corrected chi connectivity index (χ0v) is 18.7. The van der Waals surface area contributed by atoms with Crippen molar-refractivity contribution in [3.8, 4) is 10.6 Å². The number of hydrogen-bond donors (Lipinski definition) is 2. The Morgan fingerprint density at radius 2 is 2.03 bits per heavy atom. The highest BCUT2D eigenvalue weighted by Crippen LogP contribution is 2.32. The zero-order valence-electron chi connectivity index (χ0n) is 17.1. The first-order valence-corrected chi connectivity index (χ1v) is 11.4. The molecule has 0 spiro atoms. The number of carbonyl (C=O) groups is 2. The van der Waals surface area contributed by atoms with E-state index in [4.69, 9.17) is 4.98 Å². The fourth-order valence-corrected chi connectivity index (χ4v) is 5.23. The number of thiazole rings is 2. The Labute approximate surface area is 183 Å². The van der Waals surface area contributed by atoms with Gasteiger partial charge < -0.3 is 10.6 Å². The van der Waals surface area contributed by atoms with E-state index < -0.39 is 0 Å². The first-order valence-electron chi connectivity index (χ1n) is 9.74. The Kier molecular flexibility index (Phi) is 5.83. The second kappa shape index (κ2) is 8.53. The quantitative estimate of drug-likeness (QED) is 0.609. The third-order valence-corrected chi connectivity index (χ3v) is 7.17. The molecule has 1 aliphatic rings. The largest absolute Gasteiger partial charge is 0.348 e. The van der Waals surface area contributed by atoms with Crippen molar-refractivity contribution in [3.05, 3.63) is 51.5 Å². The molecule has 1 aliphatic heterocycles. The van der Waals surface area contributed by atoms with Crippen LogP contribution in [0.2, 0.25) is 0 Å². The van der Waals surface area contributed by atoms with Crippen LogP contribution in [0.1, 0.15) is 34.8 Å². The summed E-state index contributed by atoms with van der Waals surface area (Å²) < 4.78 is 0. The van der Waals surface area contributed by atoms with Crippen molar-refractivity contribution in [2.24, 2.45) is 0 Å². The molecule has 1 unspecified atom stereocenters. The smallest absolute Gasteiger partial charge is 0.323 e. The molecule has 2 N–H and O–H groups in total. The lowest BCUT2D eigenvalue weighted by molar-refractivity contribution is -0.121. The maximum atomic E-state index is 12.6. The number of hydrogen-bond acceptors (Lipinski definition) is 6. The van der Waals surface area contributed by atoms with Crippen LogP contribution in [0.5, 0.6) is 0 Å². The van der Waals surface area contributed by atoms with Crippen LogP contribution in [-0.2, 0) is 11.2 Å². The molecule has 1 saturated heterocycles. The van der Waals surface area contributed by atoms with Crippen LogP contribution >= 0.6 is 22.7 Å². The van der Waals surface area contributed by atoms with E-state index in [0.717, 1.165) is 21.1 Å². The van der Waals surface area contributed by atoms with Gasteiger partial charge in [-0.15, -0.1) is 22.7 Å². The lowest BCUT2D eigenvalue weighted by Crippen LogP contribution is -2.29. The molecule has 1 aromatic carbocycles. The number of aromatic nitrogens is 2. The Morgan fingerprint density at radius 3 is 2.73 bits per heavy atom. The van der Waals surface area contributed by atoms with E-state index in [1.807, 2.05) is 19.2 Å². The van der Waals surface area contributed by atoms with Gasteiger partial charge in [0.15, 0.2) is 5.13 Å². The molecule has 3 aromatic rings. The van der Waals surface area contributed by atoms with Crippen LogP contribution in [0, 0.1) is 13.8 Å². The first kappa shape index (κ1) is 20.5. The number of anilines is 1. The van der Waals surface area contributed by atoms with Gasteiger partial charge >= 0.3 is 6.03 Å². The number of benzene rings is 1. The summed E-state index contributed by atoms with van der Waals surface area (Å²) in [6, 6.07) is 8.01. The van der Waals surface area contributed by atoms with Gasteiger partial charge in [-0.1, -0.05) is 29.8 Å². The van der Waals surface area contributed by atoms with Crippen molar-refractivity contribution in [1.29, 1.82) is 0 Å². The van der Waals surface area contributed by atoms with Crippen molar-refractivity contribution in [1.82, 2.24) is 20.6 Å².